The fourth-order valence-electron chi connectivity index (χ4n) is 4.74. The number of nitrogens with one attached hydrogen (secondary N) is 1. The third-order valence-electron chi connectivity index (χ3n) is 6.39. The van der Waals surface area contributed by atoms with E-state index in [1.54, 1.807) is 11.3 Å². The fourth-order valence-corrected chi connectivity index (χ4v) is 5.47. The maximum absolute atomic E-state index is 13.0. The maximum Gasteiger partial charge on any atom is 0.223 e. The number of nitrogens with zero attached hydrogens (tertiary/aromatic N) is 1. The average molecular weight is 399 g/mol. The number of likely N-dealkylation sites (tertiary alicyclic amines) is 1. The summed E-state index contributed by atoms with van der Waals surface area (Å²) in [6.45, 7) is 3.52. The van der Waals surface area contributed by atoms with Gasteiger partial charge in [-0.3, -0.25) is 9.69 Å². The topological polar surface area (TPSA) is 52.6 Å². The molecule has 3 atom stereocenters. The molecule has 0 radical (unpaired) electrons. The van der Waals surface area contributed by atoms with Gasteiger partial charge < -0.3 is 10.4 Å². The smallest absolute Gasteiger partial charge is 0.223 e. The predicted molar refractivity (Wildman–Crippen MR) is 113 cm³/mol. The Labute approximate surface area is 171 Å². The number of aliphatic hydroxyl groups is 1. The third kappa shape index (κ3) is 4.17. The molecule has 28 heavy (non-hydrogen) atoms. The Morgan fingerprint density at radius 2 is 1.96 bits per heavy atom. The van der Waals surface area contributed by atoms with Crippen molar-refractivity contribution in [3.05, 3.63) is 58.3 Å². The lowest BCUT2D eigenvalue weighted by Crippen LogP contribution is -2.62. The highest BCUT2D eigenvalue weighted by Crippen LogP contribution is 2.39. The van der Waals surface area contributed by atoms with E-state index in [2.05, 4.69) is 39.9 Å². The van der Waals surface area contributed by atoms with Gasteiger partial charge in [0.1, 0.15) is 0 Å². The quantitative estimate of drug-likeness (QED) is 0.797. The Morgan fingerprint density at radius 1 is 1.21 bits per heavy atom. The molecule has 0 spiro atoms. The Hall–Kier alpha value is -1.69. The van der Waals surface area contributed by atoms with Crippen LogP contribution in [0.1, 0.15) is 55.5 Å². The lowest BCUT2D eigenvalue weighted by molar-refractivity contribution is -0.132. The van der Waals surface area contributed by atoms with Gasteiger partial charge in [-0.15, -0.1) is 11.3 Å². The summed E-state index contributed by atoms with van der Waals surface area (Å²) in [7, 11) is 0. The van der Waals surface area contributed by atoms with E-state index >= 15 is 0 Å². The Bertz CT molecular complexity index is 769. The zero-order valence-corrected chi connectivity index (χ0v) is 17.3. The highest BCUT2D eigenvalue weighted by molar-refractivity contribution is 7.09. The van der Waals surface area contributed by atoms with E-state index in [0.717, 1.165) is 44.3 Å². The van der Waals surface area contributed by atoms with Gasteiger partial charge in [-0.2, -0.15) is 0 Å². The second kappa shape index (κ2) is 8.36. The molecule has 1 saturated carbocycles. The molecule has 2 heterocycles. The summed E-state index contributed by atoms with van der Waals surface area (Å²) in [5.41, 5.74) is 0.219. The Balaban J connectivity index is 1.64. The predicted octanol–water partition coefficient (Wildman–Crippen LogP) is 4.12. The fraction of sp³-hybridized carbons (Fsp3) is 0.522. The van der Waals surface area contributed by atoms with Crippen LogP contribution in [0.3, 0.4) is 0 Å². The lowest BCUT2D eigenvalue weighted by Gasteiger charge is -2.49. The van der Waals surface area contributed by atoms with Crippen LogP contribution in [0.15, 0.2) is 47.8 Å². The largest absolute Gasteiger partial charge is 0.388 e. The molecule has 150 valence electrons. The highest BCUT2D eigenvalue weighted by Gasteiger charge is 2.46. The number of hydrogen-bond donors (Lipinski definition) is 2. The highest BCUT2D eigenvalue weighted by atomic mass is 32.1. The molecule has 2 N–H and O–H groups in total. The minimum absolute atomic E-state index is 0.0441. The van der Waals surface area contributed by atoms with Gasteiger partial charge in [-0.1, -0.05) is 49.2 Å². The van der Waals surface area contributed by atoms with Gasteiger partial charge >= 0.3 is 0 Å². The molecule has 0 bridgehead atoms. The molecular formula is C23H30N2O2S. The number of rotatable bonds is 5. The van der Waals surface area contributed by atoms with Gasteiger partial charge in [0.2, 0.25) is 5.91 Å². The summed E-state index contributed by atoms with van der Waals surface area (Å²) in [6.07, 6.45) is 4.85. The molecule has 4 rings (SSSR count). The van der Waals surface area contributed by atoms with Gasteiger partial charge in [-0.25, -0.2) is 0 Å². The van der Waals surface area contributed by atoms with E-state index in [1.165, 1.54) is 4.88 Å². The first-order chi connectivity index (χ1) is 13.5. The molecule has 1 aliphatic carbocycles. The zero-order chi connectivity index (χ0) is 19.6. The minimum Gasteiger partial charge on any atom is -0.388 e. The first-order valence-electron chi connectivity index (χ1n) is 10.4. The maximum atomic E-state index is 13.0. The number of thiophene rings is 1. The van der Waals surface area contributed by atoms with E-state index in [-0.39, 0.29) is 23.9 Å². The van der Waals surface area contributed by atoms with Crippen molar-refractivity contribution in [2.24, 2.45) is 5.92 Å². The number of hydrogen-bond acceptors (Lipinski definition) is 4. The van der Waals surface area contributed by atoms with Crippen LogP contribution in [-0.4, -0.2) is 34.1 Å². The summed E-state index contributed by atoms with van der Waals surface area (Å²) >= 11 is 1.76. The van der Waals surface area contributed by atoms with Crippen LogP contribution in [-0.2, 0) is 11.3 Å². The van der Waals surface area contributed by atoms with Crippen molar-refractivity contribution in [3.8, 4) is 0 Å². The standard InChI is InChI=1S/C23H30N2O2S/c1-23(27)13-14-25(16-19-12-7-15-28-19)20(17-8-3-2-4-9-17)21(23)24-22(26)18-10-5-6-11-18/h2-4,7-9,12,15,18,20-21,27H,5-6,10-11,13-14,16H2,1H3,(H,24,26). The van der Waals surface area contributed by atoms with Crippen molar-refractivity contribution in [3.63, 3.8) is 0 Å². The van der Waals surface area contributed by atoms with E-state index in [1.807, 2.05) is 25.1 Å². The van der Waals surface area contributed by atoms with Gasteiger partial charge in [0.15, 0.2) is 0 Å². The molecule has 2 fully saturated rings. The monoisotopic (exact) mass is 398 g/mol. The first-order valence-corrected chi connectivity index (χ1v) is 11.3. The Morgan fingerprint density at radius 3 is 2.64 bits per heavy atom. The lowest BCUT2D eigenvalue weighted by atomic mass is 9.79. The average Bonchev–Trinajstić information content (AvgIpc) is 3.39. The van der Waals surface area contributed by atoms with E-state index in [4.69, 9.17) is 0 Å². The van der Waals surface area contributed by atoms with Crippen LogP contribution < -0.4 is 5.32 Å². The molecule has 2 aliphatic rings. The number of benzene rings is 1. The molecule has 2 aromatic rings. The summed E-state index contributed by atoms with van der Waals surface area (Å²) in [5, 5.41) is 16.6. The van der Waals surface area contributed by atoms with Crippen molar-refractivity contribution in [2.75, 3.05) is 6.54 Å². The SMILES string of the molecule is CC1(O)CCN(Cc2cccs2)C(c2ccccc2)C1NC(=O)C1CCCC1. The van der Waals surface area contributed by atoms with Gasteiger partial charge in [0, 0.05) is 23.9 Å². The molecule has 1 aromatic heterocycles. The van der Waals surface area contributed by atoms with Crippen molar-refractivity contribution >= 4 is 17.2 Å². The molecule has 1 aliphatic heterocycles. The van der Waals surface area contributed by atoms with Crippen LogP contribution >= 0.6 is 11.3 Å². The first kappa shape index (κ1) is 19.6. The zero-order valence-electron chi connectivity index (χ0n) is 16.5. The number of piperidine rings is 1. The summed E-state index contributed by atoms with van der Waals surface area (Å²) in [4.78, 5) is 16.7. The van der Waals surface area contributed by atoms with E-state index in [0.29, 0.717) is 6.42 Å². The number of amides is 1. The van der Waals surface area contributed by atoms with Crippen molar-refractivity contribution in [2.45, 2.75) is 63.3 Å². The van der Waals surface area contributed by atoms with Crippen LogP contribution in [0.25, 0.3) is 0 Å². The molecule has 3 unspecified atom stereocenters. The Kier molecular flexibility index (Phi) is 5.85. The second-order valence-electron chi connectivity index (χ2n) is 8.48. The van der Waals surface area contributed by atoms with Crippen LogP contribution in [0.2, 0.25) is 0 Å². The van der Waals surface area contributed by atoms with E-state index < -0.39 is 5.60 Å². The summed E-state index contributed by atoms with van der Waals surface area (Å²) < 4.78 is 0. The molecule has 5 heteroatoms. The molecule has 4 nitrogen and oxygen atoms in total. The minimum atomic E-state index is -0.930. The number of carbonyl (C=O) groups excluding carboxylic acids is 1. The van der Waals surface area contributed by atoms with Gasteiger partial charge in [-0.05, 0) is 43.2 Å². The normalized spacial score (nSPS) is 29.1. The molecule has 1 aromatic carbocycles. The van der Waals surface area contributed by atoms with Crippen molar-refractivity contribution in [1.82, 2.24) is 10.2 Å². The molecule has 1 saturated heterocycles. The van der Waals surface area contributed by atoms with Gasteiger partial charge in [0.25, 0.3) is 0 Å². The second-order valence-corrected chi connectivity index (χ2v) is 9.51. The van der Waals surface area contributed by atoms with Crippen LogP contribution in [0.5, 0.6) is 0 Å². The molecule has 1 amide bonds. The number of carbonyl (C=O) groups is 1. The van der Waals surface area contributed by atoms with Crippen LogP contribution in [0.4, 0.5) is 0 Å². The van der Waals surface area contributed by atoms with Crippen molar-refractivity contribution < 1.29 is 9.90 Å². The van der Waals surface area contributed by atoms with E-state index in [9.17, 15) is 9.90 Å². The molecular weight excluding hydrogens is 368 g/mol. The summed E-state index contributed by atoms with van der Waals surface area (Å²) in [5.74, 6) is 0.210. The van der Waals surface area contributed by atoms with Crippen molar-refractivity contribution in [1.29, 1.82) is 0 Å². The van der Waals surface area contributed by atoms with Crippen LogP contribution in [0, 0.1) is 5.92 Å². The van der Waals surface area contributed by atoms with Gasteiger partial charge in [0.05, 0.1) is 17.7 Å². The summed E-state index contributed by atoms with van der Waals surface area (Å²) in [6, 6.07) is 14.2. The third-order valence-corrected chi connectivity index (χ3v) is 7.25.